The third kappa shape index (κ3) is 4.17. The SMILES string of the molecule is O=C(COC(=O)CN1C(=O)c2ccccc2C1=O)NCc1ccc(F)cc1. The maximum atomic E-state index is 12.8. The highest BCUT2D eigenvalue weighted by Crippen LogP contribution is 2.22. The molecule has 27 heavy (non-hydrogen) atoms. The minimum atomic E-state index is -0.874. The number of amides is 3. The number of nitrogens with zero attached hydrogens (tertiary/aromatic N) is 1. The zero-order chi connectivity index (χ0) is 19.4. The van der Waals surface area contributed by atoms with E-state index in [0.717, 1.165) is 4.90 Å². The van der Waals surface area contributed by atoms with Gasteiger partial charge in [0.1, 0.15) is 12.4 Å². The van der Waals surface area contributed by atoms with Gasteiger partial charge in [-0.1, -0.05) is 24.3 Å². The molecule has 0 spiro atoms. The molecule has 8 heteroatoms. The van der Waals surface area contributed by atoms with Crippen LogP contribution in [0.2, 0.25) is 0 Å². The van der Waals surface area contributed by atoms with E-state index in [1.54, 1.807) is 12.1 Å². The van der Waals surface area contributed by atoms with Crippen molar-refractivity contribution in [3.63, 3.8) is 0 Å². The van der Waals surface area contributed by atoms with Gasteiger partial charge in [0.15, 0.2) is 6.61 Å². The molecule has 2 aromatic carbocycles. The zero-order valence-electron chi connectivity index (χ0n) is 14.1. The Bertz CT molecular complexity index is 876. The summed E-state index contributed by atoms with van der Waals surface area (Å²) in [5.74, 6) is -2.97. The summed E-state index contributed by atoms with van der Waals surface area (Å²) in [4.78, 5) is 48.7. The normalized spacial score (nSPS) is 12.7. The van der Waals surface area contributed by atoms with Crippen LogP contribution in [0.1, 0.15) is 26.3 Å². The van der Waals surface area contributed by atoms with E-state index in [1.165, 1.54) is 36.4 Å². The molecule has 3 rings (SSSR count). The highest BCUT2D eigenvalue weighted by atomic mass is 19.1. The Morgan fingerprint density at radius 3 is 2.15 bits per heavy atom. The van der Waals surface area contributed by atoms with Gasteiger partial charge in [-0.2, -0.15) is 0 Å². The molecule has 1 heterocycles. The maximum Gasteiger partial charge on any atom is 0.326 e. The third-order valence-electron chi connectivity index (χ3n) is 3.93. The predicted octanol–water partition coefficient (Wildman–Crippen LogP) is 1.28. The summed E-state index contributed by atoms with van der Waals surface area (Å²) in [7, 11) is 0. The van der Waals surface area contributed by atoms with Gasteiger partial charge >= 0.3 is 5.97 Å². The molecule has 1 aliphatic heterocycles. The topological polar surface area (TPSA) is 92.8 Å². The van der Waals surface area contributed by atoms with Crippen molar-refractivity contribution in [2.45, 2.75) is 6.54 Å². The standard InChI is InChI=1S/C19H15FN2O5/c20-13-7-5-12(6-8-13)9-21-16(23)11-27-17(24)10-22-18(25)14-3-1-2-4-15(14)19(22)26/h1-8H,9-11H2,(H,21,23). The molecule has 0 aliphatic carbocycles. The van der Waals surface area contributed by atoms with E-state index in [0.29, 0.717) is 5.56 Å². The molecule has 1 N–H and O–H groups in total. The summed E-state index contributed by atoms with van der Waals surface area (Å²) in [6, 6.07) is 11.8. The Hall–Kier alpha value is -3.55. The summed E-state index contributed by atoms with van der Waals surface area (Å²) >= 11 is 0. The first-order valence-corrected chi connectivity index (χ1v) is 8.07. The predicted molar refractivity (Wildman–Crippen MR) is 91.0 cm³/mol. The van der Waals surface area contributed by atoms with Crippen LogP contribution in [0.5, 0.6) is 0 Å². The number of hydrogen-bond acceptors (Lipinski definition) is 5. The number of hydrogen-bond donors (Lipinski definition) is 1. The summed E-state index contributed by atoms with van der Waals surface area (Å²) in [6.45, 7) is -0.976. The van der Waals surface area contributed by atoms with Gasteiger partial charge in [0, 0.05) is 6.54 Å². The number of ether oxygens (including phenoxy) is 1. The maximum absolute atomic E-state index is 12.8. The lowest BCUT2D eigenvalue weighted by molar-refractivity contribution is -0.148. The second-order valence-corrected chi connectivity index (χ2v) is 5.81. The second kappa shape index (κ2) is 7.77. The molecule has 0 saturated carbocycles. The summed E-state index contributed by atoms with van der Waals surface area (Å²) in [6.07, 6.45) is 0. The van der Waals surface area contributed by atoms with Crippen LogP contribution in [0.25, 0.3) is 0 Å². The molecule has 0 fully saturated rings. The van der Waals surface area contributed by atoms with Crippen molar-refractivity contribution < 1.29 is 28.3 Å². The van der Waals surface area contributed by atoms with Crippen LogP contribution in [0.15, 0.2) is 48.5 Å². The molecule has 7 nitrogen and oxygen atoms in total. The van der Waals surface area contributed by atoms with E-state index in [9.17, 15) is 23.6 Å². The Morgan fingerprint density at radius 1 is 0.963 bits per heavy atom. The molecular formula is C19H15FN2O5. The number of carbonyl (C=O) groups excluding carboxylic acids is 4. The van der Waals surface area contributed by atoms with E-state index < -0.39 is 36.8 Å². The lowest BCUT2D eigenvalue weighted by Crippen LogP contribution is -2.37. The Labute approximate surface area is 153 Å². The van der Waals surface area contributed by atoms with Gasteiger partial charge in [-0.25, -0.2) is 4.39 Å². The number of fused-ring (bicyclic) bond motifs is 1. The second-order valence-electron chi connectivity index (χ2n) is 5.81. The molecule has 0 atom stereocenters. The molecule has 0 unspecified atom stereocenters. The fourth-order valence-electron chi connectivity index (χ4n) is 2.56. The van der Waals surface area contributed by atoms with E-state index in [-0.39, 0.29) is 23.5 Å². The van der Waals surface area contributed by atoms with Crippen molar-refractivity contribution in [3.8, 4) is 0 Å². The molecule has 138 valence electrons. The number of carbonyl (C=O) groups is 4. The van der Waals surface area contributed by atoms with Gasteiger partial charge < -0.3 is 10.1 Å². The quantitative estimate of drug-likeness (QED) is 0.611. The van der Waals surface area contributed by atoms with Gasteiger partial charge in [-0.3, -0.25) is 24.1 Å². The molecule has 0 bridgehead atoms. The van der Waals surface area contributed by atoms with Crippen LogP contribution in [-0.2, 0) is 20.9 Å². The number of esters is 1. The number of nitrogens with one attached hydrogen (secondary N) is 1. The van der Waals surface area contributed by atoms with Crippen molar-refractivity contribution in [3.05, 3.63) is 71.0 Å². The van der Waals surface area contributed by atoms with Crippen molar-refractivity contribution in [1.82, 2.24) is 10.2 Å². The number of halogens is 1. The minimum absolute atomic E-state index is 0.148. The fraction of sp³-hybridized carbons (Fsp3) is 0.158. The smallest absolute Gasteiger partial charge is 0.326 e. The van der Waals surface area contributed by atoms with Crippen LogP contribution in [-0.4, -0.2) is 41.7 Å². The number of imide groups is 1. The van der Waals surface area contributed by atoms with Crippen molar-refractivity contribution in [2.75, 3.05) is 13.2 Å². The first kappa shape index (κ1) is 18.2. The van der Waals surface area contributed by atoms with E-state index in [1.807, 2.05) is 0 Å². The lowest BCUT2D eigenvalue weighted by atomic mass is 10.1. The Balaban J connectivity index is 1.46. The average molecular weight is 370 g/mol. The van der Waals surface area contributed by atoms with E-state index >= 15 is 0 Å². The van der Waals surface area contributed by atoms with Gasteiger partial charge in [0.25, 0.3) is 17.7 Å². The summed E-state index contributed by atoms with van der Waals surface area (Å²) in [5.41, 5.74) is 1.14. The molecule has 2 aromatic rings. The molecular weight excluding hydrogens is 355 g/mol. The third-order valence-corrected chi connectivity index (χ3v) is 3.93. The number of rotatable bonds is 6. The molecule has 1 aliphatic rings. The van der Waals surface area contributed by atoms with Crippen molar-refractivity contribution >= 4 is 23.7 Å². The molecule has 0 radical (unpaired) electrons. The zero-order valence-corrected chi connectivity index (χ0v) is 14.1. The van der Waals surface area contributed by atoms with Crippen molar-refractivity contribution in [1.29, 1.82) is 0 Å². The fourth-order valence-corrected chi connectivity index (χ4v) is 2.56. The van der Waals surface area contributed by atoms with Crippen molar-refractivity contribution in [2.24, 2.45) is 0 Å². The first-order chi connectivity index (χ1) is 13.0. The summed E-state index contributed by atoms with van der Waals surface area (Å²) in [5, 5.41) is 2.51. The van der Waals surface area contributed by atoms with Crippen LogP contribution in [0.4, 0.5) is 4.39 Å². The van der Waals surface area contributed by atoms with Gasteiger partial charge in [0.2, 0.25) is 0 Å². The highest BCUT2D eigenvalue weighted by molar-refractivity contribution is 6.22. The molecule has 3 amide bonds. The van der Waals surface area contributed by atoms with Crippen LogP contribution >= 0.6 is 0 Å². The lowest BCUT2D eigenvalue weighted by Gasteiger charge is -2.13. The Morgan fingerprint density at radius 2 is 1.56 bits per heavy atom. The van der Waals surface area contributed by atoms with Crippen LogP contribution < -0.4 is 5.32 Å². The largest absolute Gasteiger partial charge is 0.454 e. The van der Waals surface area contributed by atoms with Gasteiger partial charge in [-0.15, -0.1) is 0 Å². The van der Waals surface area contributed by atoms with Crippen LogP contribution in [0.3, 0.4) is 0 Å². The van der Waals surface area contributed by atoms with Gasteiger partial charge in [0.05, 0.1) is 11.1 Å². The van der Waals surface area contributed by atoms with Crippen LogP contribution in [0, 0.1) is 5.82 Å². The monoisotopic (exact) mass is 370 g/mol. The first-order valence-electron chi connectivity index (χ1n) is 8.07. The van der Waals surface area contributed by atoms with E-state index in [2.05, 4.69) is 5.32 Å². The number of benzene rings is 2. The molecule has 0 aromatic heterocycles. The minimum Gasteiger partial charge on any atom is -0.454 e. The van der Waals surface area contributed by atoms with E-state index in [4.69, 9.17) is 4.74 Å². The average Bonchev–Trinajstić information content (AvgIpc) is 2.91. The Kier molecular flexibility index (Phi) is 5.25. The molecule has 0 saturated heterocycles. The highest BCUT2D eigenvalue weighted by Gasteiger charge is 2.36. The van der Waals surface area contributed by atoms with Gasteiger partial charge in [-0.05, 0) is 29.8 Å². The summed E-state index contributed by atoms with van der Waals surface area (Å²) < 4.78 is 17.6.